The SMILES string of the molecule is O=C(C1CCCCCCC1)N(Cc1ccccn1)C1CCCNCC1. The largest absolute Gasteiger partial charge is 0.334 e. The second-order valence-corrected chi connectivity index (χ2v) is 7.66. The number of rotatable bonds is 4. The van der Waals surface area contributed by atoms with E-state index in [1.807, 2.05) is 24.4 Å². The first kappa shape index (κ1) is 18.4. The predicted molar refractivity (Wildman–Crippen MR) is 101 cm³/mol. The standard InChI is InChI=1S/C21H33N3O/c25-21(18-9-4-2-1-3-5-10-18)24(17-19-11-6-7-15-23-19)20-12-8-14-22-16-13-20/h6-7,11,15,18,20,22H,1-5,8-10,12-14,16-17H2. The molecular formula is C21H33N3O. The van der Waals surface area contributed by atoms with Crippen LogP contribution in [0.5, 0.6) is 0 Å². The van der Waals surface area contributed by atoms with Crippen molar-refractivity contribution >= 4 is 5.91 Å². The molecule has 0 aromatic carbocycles. The van der Waals surface area contributed by atoms with Gasteiger partial charge >= 0.3 is 0 Å². The molecule has 1 aliphatic carbocycles. The molecule has 1 saturated heterocycles. The molecule has 2 aliphatic rings. The maximum absolute atomic E-state index is 13.5. The van der Waals surface area contributed by atoms with E-state index >= 15 is 0 Å². The minimum atomic E-state index is 0.222. The number of hydrogen-bond acceptors (Lipinski definition) is 3. The summed E-state index contributed by atoms with van der Waals surface area (Å²) in [6.45, 7) is 2.76. The van der Waals surface area contributed by atoms with Gasteiger partial charge in [-0.25, -0.2) is 0 Å². The van der Waals surface area contributed by atoms with Crippen LogP contribution in [0, 0.1) is 5.92 Å². The average molecular weight is 344 g/mol. The number of amides is 1. The number of hydrogen-bond donors (Lipinski definition) is 1. The Bertz CT molecular complexity index is 503. The summed E-state index contributed by atoms with van der Waals surface area (Å²) in [6.07, 6.45) is 13.6. The van der Waals surface area contributed by atoms with E-state index in [9.17, 15) is 4.79 Å². The predicted octanol–water partition coefficient (Wildman–Crippen LogP) is 3.91. The maximum atomic E-state index is 13.5. The Morgan fingerprint density at radius 3 is 2.56 bits per heavy atom. The van der Waals surface area contributed by atoms with Gasteiger partial charge in [0.25, 0.3) is 0 Å². The zero-order valence-electron chi connectivity index (χ0n) is 15.5. The molecular weight excluding hydrogens is 310 g/mol. The van der Waals surface area contributed by atoms with Gasteiger partial charge in [-0.15, -0.1) is 0 Å². The van der Waals surface area contributed by atoms with Crippen molar-refractivity contribution in [2.45, 2.75) is 76.8 Å². The molecule has 1 saturated carbocycles. The van der Waals surface area contributed by atoms with E-state index in [-0.39, 0.29) is 5.92 Å². The van der Waals surface area contributed by atoms with Crippen LogP contribution >= 0.6 is 0 Å². The van der Waals surface area contributed by atoms with Crippen molar-refractivity contribution < 1.29 is 4.79 Å². The van der Waals surface area contributed by atoms with Crippen molar-refractivity contribution in [1.29, 1.82) is 0 Å². The van der Waals surface area contributed by atoms with Crippen molar-refractivity contribution in [3.8, 4) is 0 Å². The molecule has 1 unspecified atom stereocenters. The summed E-state index contributed by atoms with van der Waals surface area (Å²) in [5.74, 6) is 0.611. The highest BCUT2D eigenvalue weighted by Crippen LogP contribution is 2.27. The quantitative estimate of drug-likeness (QED) is 0.901. The monoisotopic (exact) mass is 343 g/mol. The number of nitrogens with one attached hydrogen (secondary N) is 1. The van der Waals surface area contributed by atoms with E-state index in [0.29, 0.717) is 18.5 Å². The molecule has 3 rings (SSSR count). The van der Waals surface area contributed by atoms with Crippen molar-refractivity contribution in [2.24, 2.45) is 5.92 Å². The van der Waals surface area contributed by atoms with Crippen molar-refractivity contribution in [2.75, 3.05) is 13.1 Å². The minimum Gasteiger partial charge on any atom is -0.334 e. The van der Waals surface area contributed by atoms with Crippen molar-refractivity contribution in [3.63, 3.8) is 0 Å². The van der Waals surface area contributed by atoms with Gasteiger partial charge in [0.15, 0.2) is 0 Å². The lowest BCUT2D eigenvalue weighted by Gasteiger charge is -2.34. The van der Waals surface area contributed by atoms with Gasteiger partial charge in [0, 0.05) is 18.2 Å². The second kappa shape index (κ2) is 9.91. The molecule has 1 aromatic rings. The minimum absolute atomic E-state index is 0.222. The highest BCUT2D eigenvalue weighted by Gasteiger charge is 2.30. The van der Waals surface area contributed by atoms with Gasteiger partial charge in [0.1, 0.15) is 0 Å². The number of carbonyl (C=O) groups excluding carboxylic acids is 1. The van der Waals surface area contributed by atoms with Crippen LogP contribution in [0.15, 0.2) is 24.4 Å². The zero-order chi connectivity index (χ0) is 17.3. The Balaban J connectivity index is 1.74. The molecule has 1 N–H and O–H groups in total. The number of nitrogens with zero attached hydrogens (tertiary/aromatic N) is 2. The normalized spacial score (nSPS) is 23.3. The van der Waals surface area contributed by atoms with Crippen LogP contribution in [0.1, 0.15) is 69.9 Å². The topological polar surface area (TPSA) is 45.2 Å². The highest BCUT2D eigenvalue weighted by atomic mass is 16.2. The van der Waals surface area contributed by atoms with E-state index in [1.54, 1.807) is 0 Å². The summed E-state index contributed by atoms with van der Waals surface area (Å²) < 4.78 is 0. The van der Waals surface area contributed by atoms with E-state index in [2.05, 4.69) is 15.2 Å². The van der Waals surface area contributed by atoms with Crippen LogP contribution in [0.4, 0.5) is 0 Å². The lowest BCUT2D eigenvalue weighted by molar-refractivity contribution is -0.139. The second-order valence-electron chi connectivity index (χ2n) is 7.66. The first-order valence-electron chi connectivity index (χ1n) is 10.3. The summed E-state index contributed by atoms with van der Waals surface area (Å²) in [5.41, 5.74) is 1.01. The fourth-order valence-corrected chi connectivity index (χ4v) is 4.30. The summed E-state index contributed by atoms with van der Waals surface area (Å²) >= 11 is 0. The van der Waals surface area contributed by atoms with Gasteiger partial charge < -0.3 is 10.2 Å². The van der Waals surface area contributed by atoms with Gasteiger partial charge in [-0.1, -0.05) is 38.2 Å². The molecule has 1 aliphatic heterocycles. The molecule has 4 nitrogen and oxygen atoms in total. The van der Waals surface area contributed by atoms with Crippen LogP contribution in [-0.2, 0) is 11.3 Å². The third-order valence-corrected chi connectivity index (χ3v) is 5.78. The third-order valence-electron chi connectivity index (χ3n) is 5.78. The lowest BCUT2D eigenvalue weighted by Crippen LogP contribution is -2.43. The molecule has 2 fully saturated rings. The Morgan fingerprint density at radius 2 is 1.80 bits per heavy atom. The van der Waals surface area contributed by atoms with E-state index in [0.717, 1.165) is 50.9 Å². The summed E-state index contributed by atoms with van der Waals surface area (Å²) in [6, 6.07) is 6.37. The van der Waals surface area contributed by atoms with Crippen molar-refractivity contribution in [1.82, 2.24) is 15.2 Å². The Labute approximate surface area is 152 Å². The summed E-state index contributed by atoms with van der Waals surface area (Å²) in [7, 11) is 0. The molecule has 0 spiro atoms. The Morgan fingerprint density at radius 1 is 1.00 bits per heavy atom. The van der Waals surface area contributed by atoms with Crippen LogP contribution in [-0.4, -0.2) is 34.9 Å². The fourth-order valence-electron chi connectivity index (χ4n) is 4.30. The smallest absolute Gasteiger partial charge is 0.226 e. The van der Waals surface area contributed by atoms with Gasteiger partial charge in [-0.2, -0.15) is 0 Å². The summed E-state index contributed by atoms with van der Waals surface area (Å²) in [5, 5.41) is 3.48. The first-order valence-corrected chi connectivity index (χ1v) is 10.3. The van der Waals surface area contributed by atoms with Gasteiger partial charge in [-0.3, -0.25) is 9.78 Å². The van der Waals surface area contributed by atoms with Gasteiger partial charge in [-0.05, 0) is 57.3 Å². The number of aromatic nitrogens is 1. The molecule has 1 amide bonds. The van der Waals surface area contributed by atoms with Crippen LogP contribution < -0.4 is 5.32 Å². The van der Waals surface area contributed by atoms with Crippen molar-refractivity contribution in [3.05, 3.63) is 30.1 Å². The first-order chi connectivity index (χ1) is 12.3. The molecule has 2 heterocycles. The van der Waals surface area contributed by atoms with Gasteiger partial charge in [0.2, 0.25) is 5.91 Å². The number of carbonyl (C=O) groups is 1. The number of pyridine rings is 1. The highest BCUT2D eigenvalue weighted by molar-refractivity contribution is 5.79. The Hall–Kier alpha value is -1.42. The van der Waals surface area contributed by atoms with E-state index < -0.39 is 0 Å². The van der Waals surface area contributed by atoms with Gasteiger partial charge in [0.05, 0.1) is 12.2 Å². The van der Waals surface area contributed by atoms with Crippen LogP contribution in [0.2, 0.25) is 0 Å². The van der Waals surface area contributed by atoms with Crippen LogP contribution in [0.25, 0.3) is 0 Å². The lowest BCUT2D eigenvalue weighted by atomic mass is 9.89. The zero-order valence-corrected chi connectivity index (χ0v) is 15.5. The Kier molecular flexibility index (Phi) is 7.28. The average Bonchev–Trinajstić information content (AvgIpc) is 2.89. The van der Waals surface area contributed by atoms with E-state index in [4.69, 9.17) is 0 Å². The van der Waals surface area contributed by atoms with Crippen LogP contribution in [0.3, 0.4) is 0 Å². The fraction of sp³-hybridized carbons (Fsp3) is 0.714. The molecule has 138 valence electrons. The third kappa shape index (κ3) is 5.53. The molecule has 1 aromatic heterocycles. The molecule has 4 heteroatoms. The molecule has 25 heavy (non-hydrogen) atoms. The maximum Gasteiger partial charge on any atom is 0.226 e. The summed E-state index contributed by atoms with van der Waals surface area (Å²) in [4.78, 5) is 20.1. The molecule has 0 bridgehead atoms. The molecule has 0 radical (unpaired) electrons. The van der Waals surface area contributed by atoms with E-state index in [1.165, 1.54) is 32.1 Å². The molecule has 1 atom stereocenters.